The van der Waals surface area contributed by atoms with Crippen molar-refractivity contribution in [2.45, 2.75) is 17.2 Å². The first-order chi connectivity index (χ1) is 16.7. The van der Waals surface area contributed by atoms with Crippen LogP contribution < -0.4 is 9.61 Å². The fraction of sp³-hybridized carbons (Fsp3) is 0.0909. The van der Waals surface area contributed by atoms with Crippen LogP contribution in [0.15, 0.2) is 76.7 Å². The second kappa shape index (κ2) is 9.97. The Balaban J connectivity index is 1.98. The predicted octanol–water partition coefficient (Wildman–Crippen LogP) is 5.39. The molecule has 0 aliphatic carbocycles. The lowest BCUT2D eigenvalue weighted by Crippen LogP contribution is -2.24. The predicted molar refractivity (Wildman–Crippen MR) is 112 cm³/mol. The number of alkyl halides is 6. The molecule has 190 valence electrons. The lowest BCUT2D eigenvalue weighted by atomic mass is 10.1. The van der Waals surface area contributed by atoms with Crippen molar-refractivity contribution < 1.29 is 48.1 Å². The maximum Gasteiger partial charge on any atom is 0.417 e. The van der Waals surface area contributed by atoms with E-state index in [9.17, 15) is 43.9 Å². The highest BCUT2D eigenvalue weighted by Crippen LogP contribution is 2.33. The zero-order chi connectivity index (χ0) is 26.7. The fourth-order valence-electron chi connectivity index (χ4n) is 2.91. The van der Waals surface area contributed by atoms with Crippen molar-refractivity contribution in [1.29, 1.82) is 0 Å². The molecule has 3 aromatic carbocycles. The molecule has 0 saturated carbocycles. The van der Waals surface area contributed by atoms with Gasteiger partial charge in [0.2, 0.25) is 0 Å². The smallest absolute Gasteiger partial charge is 0.379 e. The first kappa shape index (κ1) is 26.7. The van der Waals surface area contributed by atoms with Gasteiger partial charge in [-0.15, -0.1) is 0 Å². The van der Waals surface area contributed by atoms with Crippen molar-refractivity contribution in [2.24, 2.45) is 5.10 Å². The van der Waals surface area contributed by atoms with E-state index in [2.05, 4.69) is 5.10 Å². The van der Waals surface area contributed by atoms with E-state index in [0.29, 0.717) is 36.5 Å². The van der Waals surface area contributed by atoms with Gasteiger partial charge in [0.15, 0.2) is 0 Å². The second-order valence-corrected chi connectivity index (χ2v) is 8.47. The summed E-state index contributed by atoms with van der Waals surface area (Å²) in [4.78, 5) is 11.4. The van der Waals surface area contributed by atoms with Crippen molar-refractivity contribution in [2.75, 3.05) is 0 Å². The number of nitrogens with one attached hydrogen (secondary N) is 1. The number of carbonyl (C=O) groups excluding carboxylic acids is 1. The van der Waals surface area contributed by atoms with Crippen LogP contribution in [0.2, 0.25) is 0 Å². The molecule has 36 heavy (non-hydrogen) atoms. The van der Waals surface area contributed by atoms with Crippen LogP contribution in [0.5, 0.6) is 5.75 Å². The average Bonchev–Trinajstić information content (AvgIpc) is 2.78. The molecule has 1 amide bonds. The third-order valence-electron chi connectivity index (χ3n) is 4.47. The lowest BCUT2D eigenvalue weighted by Gasteiger charge is -2.13. The van der Waals surface area contributed by atoms with Crippen LogP contribution in [0.3, 0.4) is 0 Å². The molecular weight excluding hydrogens is 521 g/mol. The molecule has 0 aliphatic heterocycles. The molecule has 0 unspecified atom stereocenters. The van der Waals surface area contributed by atoms with E-state index in [-0.39, 0.29) is 5.75 Å². The molecule has 0 spiro atoms. The molecular formula is C22H13F7N2O4S. The van der Waals surface area contributed by atoms with Crippen LogP contribution in [-0.4, -0.2) is 20.5 Å². The van der Waals surface area contributed by atoms with Gasteiger partial charge in [0.05, 0.1) is 22.9 Å². The van der Waals surface area contributed by atoms with Gasteiger partial charge < -0.3 is 4.18 Å². The Morgan fingerprint density at radius 1 is 0.889 bits per heavy atom. The Bertz CT molecular complexity index is 1400. The van der Waals surface area contributed by atoms with Gasteiger partial charge in [0.25, 0.3) is 5.91 Å². The van der Waals surface area contributed by atoms with E-state index in [0.717, 1.165) is 6.07 Å². The monoisotopic (exact) mass is 534 g/mol. The van der Waals surface area contributed by atoms with Crippen LogP contribution in [0, 0.1) is 5.82 Å². The Hall–Kier alpha value is -3.94. The number of halogens is 7. The van der Waals surface area contributed by atoms with Crippen molar-refractivity contribution in [3.8, 4) is 5.75 Å². The highest BCUT2D eigenvalue weighted by molar-refractivity contribution is 7.87. The first-order valence-corrected chi connectivity index (χ1v) is 11.0. The number of carbonyl (C=O) groups is 1. The third kappa shape index (κ3) is 6.19. The normalized spacial score (nSPS) is 12.5. The molecule has 6 nitrogen and oxygen atoms in total. The Labute approximate surface area is 199 Å². The summed E-state index contributed by atoms with van der Waals surface area (Å²) in [7, 11) is -4.72. The lowest BCUT2D eigenvalue weighted by molar-refractivity contribution is -0.138. The number of hydrazone groups is 1. The zero-order valence-electron chi connectivity index (χ0n) is 17.6. The van der Waals surface area contributed by atoms with Gasteiger partial charge >= 0.3 is 22.5 Å². The molecule has 0 bridgehead atoms. The molecule has 3 rings (SSSR count). The first-order valence-electron chi connectivity index (χ1n) is 9.60. The SMILES string of the molecule is O=C(N/N=C/c1cc(C(F)(F)F)ccc1S(=O)(=O)Oc1ccccc1)c1c(F)cccc1C(F)(F)F. The summed E-state index contributed by atoms with van der Waals surface area (Å²) in [5.41, 5.74) is -3.47. The largest absolute Gasteiger partial charge is 0.417 e. The van der Waals surface area contributed by atoms with Gasteiger partial charge in [-0.05, 0) is 42.5 Å². The van der Waals surface area contributed by atoms with Gasteiger partial charge in [-0.3, -0.25) is 4.79 Å². The molecule has 0 saturated heterocycles. The van der Waals surface area contributed by atoms with Gasteiger partial charge in [-0.25, -0.2) is 9.82 Å². The number of rotatable bonds is 6. The maximum absolute atomic E-state index is 14.0. The van der Waals surface area contributed by atoms with E-state index in [4.69, 9.17) is 4.18 Å². The van der Waals surface area contributed by atoms with Gasteiger partial charge in [-0.2, -0.15) is 39.9 Å². The fourth-order valence-corrected chi connectivity index (χ4v) is 4.00. The minimum absolute atomic E-state index is 0.159. The van der Waals surface area contributed by atoms with Crippen molar-refractivity contribution in [3.63, 3.8) is 0 Å². The minimum atomic E-state index is -5.10. The minimum Gasteiger partial charge on any atom is -0.379 e. The van der Waals surface area contributed by atoms with Crippen LogP contribution in [0.25, 0.3) is 0 Å². The molecule has 1 N–H and O–H groups in total. The Morgan fingerprint density at radius 3 is 2.17 bits per heavy atom. The van der Waals surface area contributed by atoms with Crippen molar-refractivity contribution >= 4 is 22.2 Å². The number of benzene rings is 3. The number of para-hydroxylation sites is 1. The van der Waals surface area contributed by atoms with E-state index < -0.39 is 61.3 Å². The number of hydrogen-bond donors (Lipinski definition) is 1. The molecule has 0 fully saturated rings. The standard InChI is InChI=1S/C22H13F7N2O4S/c23-17-8-4-7-16(22(27,28)29)19(17)20(32)31-30-12-13-11-14(21(24,25)26)9-10-18(13)36(33,34)35-15-5-2-1-3-6-15/h1-12H,(H,31,32)/b30-12+. The van der Waals surface area contributed by atoms with Crippen molar-refractivity contribution in [1.82, 2.24) is 5.43 Å². The third-order valence-corrected chi connectivity index (χ3v) is 5.79. The molecule has 14 heteroatoms. The summed E-state index contributed by atoms with van der Waals surface area (Å²) in [6, 6.07) is 10.1. The average molecular weight is 534 g/mol. The van der Waals surface area contributed by atoms with E-state index in [1.807, 2.05) is 0 Å². The molecule has 0 aromatic heterocycles. The molecule has 0 atom stereocenters. The summed E-state index contributed by atoms with van der Waals surface area (Å²) in [5, 5.41) is 3.24. The number of amides is 1. The van der Waals surface area contributed by atoms with Crippen molar-refractivity contribution in [3.05, 3.63) is 94.8 Å². The van der Waals surface area contributed by atoms with E-state index in [1.165, 1.54) is 24.3 Å². The summed E-state index contributed by atoms with van der Waals surface area (Å²) in [5.74, 6) is -3.36. The summed E-state index contributed by atoms with van der Waals surface area (Å²) in [6.45, 7) is 0. The number of nitrogens with zero attached hydrogens (tertiary/aromatic N) is 1. The maximum atomic E-state index is 14.0. The van der Waals surface area contributed by atoms with Crippen LogP contribution >= 0.6 is 0 Å². The molecule has 0 heterocycles. The quantitative estimate of drug-likeness (QED) is 0.199. The highest BCUT2D eigenvalue weighted by Gasteiger charge is 2.37. The molecule has 0 radical (unpaired) electrons. The number of hydrogen-bond acceptors (Lipinski definition) is 5. The zero-order valence-corrected chi connectivity index (χ0v) is 18.4. The van der Waals surface area contributed by atoms with Gasteiger partial charge in [0, 0.05) is 5.56 Å². The molecule has 0 aliphatic rings. The van der Waals surface area contributed by atoms with Crippen LogP contribution in [-0.2, 0) is 22.5 Å². The second-order valence-electron chi connectivity index (χ2n) is 6.96. The summed E-state index contributed by atoms with van der Waals surface area (Å²) < 4.78 is 123. The summed E-state index contributed by atoms with van der Waals surface area (Å²) in [6.07, 6.45) is -9.55. The van der Waals surface area contributed by atoms with Gasteiger partial charge in [-0.1, -0.05) is 24.3 Å². The van der Waals surface area contributed by atoms with E-state index >= 15 is 0 Å². The Morgan fingerprint density at radius 2 is 1.56 bits per heavy atom. The topological polar surface area (TPSA) is 84.8 Å². The molecule has 3 aromatic rings. The highest BCUT2D eigenvalue weighted by atomic mass is 32.2. The van der Waals surface area contributed by atoms with Gasteiger partial charge in [0.1, 0.15) is 16.5 Å². The summed E-state index contributed by atoms with van der Waals surface area (Å²) >= 11 is 0. The van der Waals surface area contributed by atoms with E-state index in [1.54, 1.807) is 11.5 Å². The van der Waals surface area contributed by atoms with Crippen LogP contribution in [0.1, 0.15) is 27.0 Å². The van der Waals surface area contributed by atoms with Crippen LogP contribution in [0.4, 0.5) is 30.7 Å². The Kier molecular flexibility index (Phi) is 7.38.